The van der Waals surface area contributed by atoms with Gasteiger partial charge in [-0.15, -0.1) is 0 Å². The van der Waals surface area contributed by atoms with Gasteiger partial charge in [0.05, 0.1) is 11.4 Å². The largest absolute Gasteiger partial charge is 0.310 e. The molecule has 0 aliphatic carbocycles. The third-order valence-electron chi connectivity index (χ3n) is 6.66. The fourth-order valence-corrected chi connectivity index (χ4v) is 5.13. The predicted molar refractivity (Wildman–Crippen MR) is 115 cm³/mol. The third kappa shape index (κ3) is 3.85. The molecule has 150 valence electrons. The molecule has 3 aromatic rings. The van der Waals surface area contributed by atoms with Gasteiger partial charge >= 0.3 is 0 Å². The number of aromatic nitrogens is 3. The van der Waals surface area contributed by atoms with Gasteiger partial charge in [-0.2, -0.15) is 5.10 Å². The van der Waals surface area contributed by atoms with Crippen molar-refractivity contribution in [3.63, 3.8) is 0 Å². The summed E-state index contributed by atoms with van der Waals surface area (Å²) in [4.78, 5) is 7.10. The highest BCUT2D eigenvalue weighted by molar-refractivity contribution is 5.59. The first-order valence-corrected chi connectivity index (χ1v) is 10.7. The Labute approximate surface area is 172 Å². The fourth-order valence-electron chi connectivity index (χ4n) is 5.13. The summed E-state index contributed by atoms with van der Waals surface area (Å²) < 4.78 is 2.11. The van der Waals surface area contributed by atoms with Crippen LogP contribution in [0.1, 0.15) is 30.1 Å². The van der Waals surface area contributed by atoms with Crippen LogP contribution in [-0.2, 0) is 13.6 Å². The lowest BCUT2D eigenvalue weighted by Gasteiger charge is -2.50. The molecule has 2 aromatic heterocycles. The molecule has 5 heteroatoms. The van der Waals surface area contributed by atoms with Gasteiger partial charge in [0.2, 0.25) is 0 Å². The number of hydrogen-bond acceptors (Lipinski definition) is 4. The SMILES string of the molecule is Cn1nc(-c2ccccc2)cc1[C@H]1CN2CC[C@H]1C[C@@H]2CNCc1ccccn1. The molecule has 5 nitrogen and oxygen atoms in total. The molecule has 4 atom stereocenters. The molecule has 1 N–H and O–H groups in total. The van der Waals surface area contributed by atoms with E-state index < -0.39 is 0 Å². The van der Waals surface area contributed by atoms with Crippen LogP contribution in [0.4, 0.5) is 0 Å². The fraction of sp³-hybridized carbons (Fsp3) is 0.417. The summed E-state index contributed by atoms with van der Waals surface area (Å²) in [6.45, 7) is 4.26. The second-order valence-electron chi connectivity index (χ2n) is 8.44. The number of pyridine rings is 1. The molecule has 0 saturated carbocycles. The molecule has 5 heterocycles. The number of nitrogens with zero attached hydrogens (tertiary/aromatic N) is 4. The monoisotopic (exact) mass is 387 g/mol. The molecule has 2 bridgehead atoms. The van der Waals surface area contributed by atoms with Crippen LogP contribution < -0.4 is 5.32 Å². The summed E-state index contributed by atoms with van der Waals surface area (Å²) in [6.07, 6.45) is 4.43. The van der Waals surface area contributed by atoms with Gasteiger partial charge in [0.15, 0.2) is 0 Å². The number of fused-ring (bicyclic) bond motifs is 3. The van der Waals surface area contributed by atoms with E-state index in [9.17, 15) is 0 Å². The number of rotatable bonds is 6. The van der Waals surface area contributed by atoms with Gasteiger partial charge < -0.3 is 5.32 Å². The molecule has 3 aliphatic rings. The van der Waals surface area contributed by atoms with Crippen molar-refractivity contribution in [3.05, 3.63) is 72.2 Å². The van der Waals surface area contributed by atoms with Crippen molar-refractivity contribution >= 4 is 0 Å². The summed E-state index contributed by atoms with van der Waals surface area (Å²) in [7, 11) is 2.10. The maximum absolute atomic E-state index is 4.82. The summed E-state index contributed by atoms with van der Waals surface area (Å²) in [6, 6.07) is 19.6. The van der Waals surface area contributed by atoms with Crippen LogP contribution in [0.5, 0.6) is 0 Å². The standard InChI is InChI=1S/C24H29N5/c1-28-24(14-23(27-28)18-7-3-2-4-8-18)22-17-29-12-10-19(22)13-21(29)16-25-15-20-9-5-6-11-26-20/h2-9,11,14,19,21-22,25H,10,12-13,15-17H2,1H3/t19-,21+,22-/m0/s1. The lowest BCUT2D eigenvalue weighted by Crippen LogP contribution is -2.55. The average Bonchev–Trinajstić information content (AvgIpc) is 3.17. The molecule has 1 unspecified atom stereocenters. The maximum atomic E-state index is 4.82. The van der Waals surface area contributed by atoms with Crippen LogP contribution in [0.3, 0.4) is 0 Å². The second-order valence-corrected chi connectivity index (χ2v) is 8.44. The van der Waals surface area contributed by atoms with Gasteiger partial charge in [-0.25, -0.2) is 0 Å². The predicted octanol–water partition coefficient (Wildman–Crippen LogP) is 3.45. The summed E-state index contributed by atoms with van der Waals surface area (Å²) in [5.74, 6) is 1.34. The molecular formula is C24H29N5. The smallest absolute Gasteiger partial charge is 0.0926 e. The lowest BCUT2D eigenvalue weighted by molar-refractivity contribution is 0.0281. The average molecular weight is 388 g/mol. The van der Waals surface area contributed by atoms with Crippen LogP contribution in [0.25, 0.3) is 11.3 Å². The first kappa shape index (κ1) is 18.5. The van der Waals surface area contributed by atoms with E-state index in [0.29, 0.717) is 12.0 Å². The van der Waals surface area contributed by atoms with Crippen LogP contribution in [0.15, 0.2) is 60.8 Å². The van der Waals surface area contributed by atoms with E-state index in [-0.39, 0.29) is 0 Å². The minimum absolute atomic E-state index is 0.589. The van der Waals surface area contributed by atoms with Crippen molar-refractivity contribution in [2.75, 3.05) is 19.6 Å². The van der Waals surface area contributed by atoms with Crippen molar-refractivity contribution < 1.29 is 0 Å². The highest BCUT2D eigenvalue weighted by Gasteiger charge is 2.41. The number of benzene rings is 1. The molecule has 1 aromatic carbocycles. The van der Waals surface area contributed by atoms with Crippen molar-refractivity contribution in [1.82, 2.24) is 25.0 Å². The van der Waals surface area contributed by atoms with Crippen molar-refractivity contribution in [3.8, 4) is 11.3 Å². The lowest BCUT2D eigenvalue weighted by atomic mass is 9.74. The Bertz CT molecular complexity index is 936. The maximum Gasteiger partial charge on any atom is 0.0926 e. The Morgan fingerprint density at radius 3 is 2.72 bits per heavy atom. The van der Waals surface area contributed by atoms with Crippen LogP contribution in [0.2, 0.25) is 0 Å². The Hall–Kier alpha value is -2.50. The Morgan fingerprint density at radius 2 is 1.97 bits per heavy atom. The van der Waals surface area contributed by atoms with Crippen LogP contribution in [0, 0.1) is 5.92 Å². The van der Waals surface area contributed by atoms with Gasteiger partial charge in [0, 0.05) is 56.1 Å². The normalized spacial score (nSPS) is 26.0. The van der Waals surface area contributed by atoms with E-state index in [2.05, 4.69) is 75.5 Å². The zero-order chi connectivity index (χ0) is 19.6. The number of nitrogens with one attached hydrogen (secondary N) is 1. The third-order valence-corrected chi connectivity index (χ3v) is 6.66. The van der Waals surface area contributed by atoms with Gasteiger partial charge in [0.25, 0.3) is 0 Å². The van der Waals surface area contributed by atoms with Crippen LogP contribution in [-0.4, -0.2) is 45.3 Å². The summed E-state index contributed by atoms with van der Waals surface area (Å²) >= 11 is 0. The first-order chi connectivity index (χ1) is 14.3. The zero-order valence-electron chi connectivity index (χ0n) is 17.0. The molecule has 0 radical (unpaired) electrons. The molecule has 3 saturated heterocycles. The summed E-state index contributed by atoms with van der Waals surface area (Å²) in [5, 5.41) is 8.45. The highest BCUT2D eigenvalue weighted by atomic mass is 15.3. The molecular weight excluding hydrogens is 358 g/mol. The van der Waals surface area contributed by atoms with Crippen molar-refractivity contribution in [2.24, 2.45) is 13.0 Å². The van der Waals surface area contributed by atoms with Crippen LogP contribution >= 0.6 is 0 Å². The Kier molecular flexibility index (Phi) is 5.17. The zero-order valence-corrected chi connectivity index (χ0v) is 17.0. The van der Waals surface area contributed by atoms with E-state index in [1.807, 2.05) is 12.3 Å². The Morgan fingerprint density at radius 1 is 1.10 bits per heavy atom. The van der Waals surface area contributed by atoms with E-state index in [1.165, 1.54) is 30.6 Å². The van der Waals surface area contributed by atoms with E-state index in [4.69, 9.17) is 5.10 Å². The van der Waals surface area contributed by atoms with Crippen molar-refractivity contribution in [2.45, 2.75) is 31.3 Å². The van der Waals surface area contributed by atoms with Gasteiger partial charge in [-0.05, 0) is 43.5 Å². The van der Waals surface area contributed by atoms with E-state index in [0.717, 1.165) is 36.9 Å². The second kappa shape index (κ2) is 8.09. The minimum atomic E-state index is 0.589. The van der Waals surface area contributed by atoms with Gasteiger partial charge in [0.1, 0.15) is 0 Å². The number of hydrogen-bond donors (Lipinski definition) is 1. The molecule has 3 aliphatic heterocycles. The van der Waals surface area contributed by atoms with E-state index >= 15 is 0 Å². The topological polar surface area (TPSA) is 46.0 Å². The number of aryl methyl sites for hydroxylation is 1. The Balaban J connectivity index is 1.24. The summed E-state index contributed by atoms with van der Waals surface area (Å²) in [5.41, 5.74) is 4.79. The van der Waals surface area contributed by atoms with E-state index in [1.54, 1.807) is 0 Å². The molecule has 29 heavy (non-hydrogen) atoms. The van der Waals surface area contributed by atoms with Crippen molar-refractivity contribution in [1.29, 1.82) is 0 Å². The minimum Gasteiger partial charge on any atom is -0.310 e. The van der Waals surface area contributed by atoms with Gasteiger partial charge in [-0.3, -0.25) is 14.6 Å². The molecule has 0 amide bonds. The first-order valence-electron chi connectivity index (χ1n) is 10.7. The van der Waals surface area contributed by atoms with Gasteiger partial charge in [-0.1, -0.05) is 36.4 Å². The highest BCUT2D eigenvalue weighted by Crippen LogP contribution is 2.42. The quantitative estimate of drug-likeness (QED) is 0.704. The molecule has 3 fully saturated rings. The molecule has 0 spiro atoms. The number of piperidine rings is 3. The molecule has 6 rings (SSSR count).